The van der Waals surface area contributed by atoms with Gasteiger partial charge >= 0.3 is 0 Å². The predicted molar refractivity (Wildman–Crippen MR) is 119 cm³/mol. The van der Waals surface area contributed by atoms with Gasteiger partial charge in [-0.2, -0.15) is 5.10 Å². The molecule has 4 aliphatic rings. The molecule has 0 saturated carbocycles. The molecule has 1 aromatic heterocycles. The quantitative estimate of drug-likeness (QED) is 0.629. The number of ether oxygens (including phenoxy) is 1. The van der Waals surface area contributed by atoms with Gasteiger partial charge in [-0.25, -0.2) is 0 Å². The van der Waals surface area contributed by atoms with E-state index in [9.17, 15) is 4.79 Å². The van der Waals surface area contributed by atoms with Crippen molar-refractivity contribution in [3.05, 3.63) is 18.5 Å². The lowest BCUT2D eigenvalue weighted by molar-refractivity contribution is -0.131. The van der Waals surface area contributed by atoms with Crippen LogP contribution in [0.2, 0.25) is 0 Å². The highest BCUT2D eigenvalue weighted by molar-refractivity contribution is 5.81. The van der Waals surface area contributed by atoms with Crippen LogP contribution in [0.15, 0.2) is 18.5 Å². The fourth-order valence-electron chi connectivity index (χ4n) is 6.25. The summed E-state index contributed by atoms with van der Waals surface area (Å²) in [5.41, 5.74) is 0. The second kappa shape index (κ2) is 11.2. The van der Waals surface area contributed by atoms with Gasteiger partial charge in [0.1, 0.15) is 6.10 Å². The van der Waals surface area contributed by atoms with Gasteiger partial charge in [0.2, 0.25) is 5.91 Å². The van der Waals surface area contributed by atoms with E-state index in [0.29, 0.717) is 18.0 Å². The average molecular weight is 448 g/mol. The second-order valence-corrected chi connectivity index (χ2v) is 9.51. The molecule has 5 rings (SSSR count). The van der Waals surface area contributed by atoms with Crippen LogP contribution in [0.3, 0.4) is 0 Å². The molecule has 1 aromatic rings. The van der Waals surface area contributed by atoms with Gasteiger partial charge in [0, 0.05) is 57.3 Å². The van der Waals surface area contributed by atoms with E-state index in [0.717, 1.165) is 51.5 Å². The molecule has 4 fully saturated rings. The van der Waals surface area contributed by atoms with Crippen molar-refractivity contribution in [1.82, 2.24) is 24.9 Å². The minimum atomic E-state index is -0.250. The molecule has 0 spiro atoms. The number of likely N-dealkylation sites (tertiary alicyclic amines) is 1. The van der Waals surface area contributed by atoms with Gasteiger partial charge in [-0.15, -0.1) is 0 Å². The van der Waals surface area contributed by atoms with Crippen molar-refractivity contribution < 1.29 is 19.4 Å². The SMILES string of the molecule is O=C(NC[C@H]1[C@H]2C[C@H](CN(CCn3cccn3)C2)[C@@H]2CCCCN21)[C@H]1CCCO1.O=CO. The Kier molecular flexibility index (Phi) is 8.15. The number of hydrogen-bond acceptors (Lipinski definition) is 6. The van der Waals surface area contributed by atoms with Gasteiger partial charge in [-0.3, -0.25) is 19.2 Å². The monoisotopic (exact) mass is 447 g/mol. The van der Waals surface area contributed by atoms with E-state index in [1.807, 2.05) is 16.9 Å². The van der Waals surface area contributed by atoms with E-state index < -0.39 is 0 Å². The van der Waals surface area contributed by atoms with Crippen molar-refractivity contribution in [2.75, 3.05) is 39.3 Å². The number of carbonyl (C=O) groups excluding carboxylic acids is 1. The largest absolute Gasteiger partial charge is 0.483 e. The lowest BCUT2D eigenvalue weighted by Crippen LogP contribution is -2.66. The van der Waals surface area contributed by atoms with Crippen LogP contribution in [0, 0.1) is 11.8 Å². The summed E-state index contributed by atoms with van der Waals surface area (Å²) in [7, 11) is 0. The summed E-state index contributed by atoms with van der Waals surface area (Å²) in [6, 6.07) is 3.16. The molecule has 0 radical (unpaired) electrons. The van der Waals surface area contributed by atoms with Crippen LogP contribution in [0.25, 0.3) is 0 Å². The molecule has 1 amide bonds. The predicted octanol–water partition coefficient (Wildman–Crippen LogP) is 1.05. The van der Waals surface area contributed by atoms with Gasteiger partial charge in [0.25, 0.3) is 6.47 Å². The molecule has 2 bridgehead atoms. The van der Waals surface area contributed by atoms with Crippen molar-refractivity contribution in [3.8, 4) is 0 Å². The number of hydrogen-bond donors (Lipinski definition) is 2. The molecule has 5 heterocycles. The van der Waals surface area contributed by atoms with Crippen molar-refractivity contribution in [2.45, 2.75) is 63.3 Å². The Morgan fingerprint density at radius 3 is 2.78 bits per heavy atom. The lowest BCUT2D eigenvalue weighted by Gasteiger charge is -2.57. The minimum absolute atomic E-state index is 0.101. The summed E-state index contributed by atoms with van der Waals surface area (Å²) in [6.07, 6.45) is 10.9. The first-order valence-electron chi connectivity index (χ1n) is 12.1. The number of carbonyl (C=O) groups is 2. The maximum absolute atomic E-state index is 12.5. The Balaban J connectivity index is 0.000000775. The topological polar surface area (TPSA) is 99.9 Å². The molecule has 0 aliphatic carbocycles. The van der Waals surface area contributed by atoms with Gasteiger partial charge in [-0.05, 0) is 56.6 Å². The molecule has 4 aliphatic heterocycles. The van der Waals surface area contributed by atoms with Crippen molar-refractivity contribution in [3.63, 3.8) is 0 Å². The third-order valence-corrected chi connectivity index (χ3v) is 7.61. The Morgan fingerprint density at radius 2 is 2.03 bits per heavy atom. The normalized spacial score (nSPS) is 32.4. The maximum atomic E-state index is 12.5. The molecule has 9 heteroatoms. The molecule has 178 valence electrons. The highest BCUT2D eigenvalue weighted by Crippen LogP contribution is 2.41. The van der Waals surface area contributed by atoms with E-state index in [1.165, 1.54) is 38.8 Å². The van der Waals surface area contributed by atoms with Gasteiger partial charge in [-0.1, -0.05) is 6.42 Å². The first-order chi connectivity index (χ1) is 15.7. The molecule has 9 nitrogen and oxygen atoms in total. The number of fused-ring (bicyclic) bond motifs is 4. The van der Waals surface area contributed by atoms with E-state index in [1.54, 1.807) is 0 Å². The van der Waals surface area contributed by atoms with E-state index in [4.69, 9.17) is 14.6 Å². The zero-order chi connectivity index (χ0) is 22.3. The molecule has 5 atom stereocenters. The van der Waals surface area contributed by atoms with Gasteiger partial charge in [0.15, 0.2) is 0 Å². The number of aromatic nitrogens is 2. The van der Waals surface area contributed by atoms with Crippen LogP contribution in [-0.2, 0) is 20.9 Å². The minimum Gasteiger partial charge on any atom is -0.483 e. The zero-order valence-electron chi connectivity index (χ0n) is 18.8. The zero-order valence-corrected chi connectivity index (χ0v) is 18.8. The molecule has 32 heavy (non-hydrogen) atoms. The van der Waals surface area contributed by atoms with Crippen LogP contribution < -0.4 is 5.32 Å². The van der Waals surface area contributed by atoms with Crippen LogP contribution in [0.5, 0.6) is 0 Å². The van der Waals surface area contributed by atoms with Crippen LogP contribution in [-0.4, -0.2) is 94.6 Å². The highest BCUT2D eigenvalue weighted by atomic mass is 16.5. The highest BCUT2D eigenvalue weighted by Gasteiger charge is 2.47. The van der Waals surface area contributed by atoms with Gasteiger partial charge in [0.05, 0.1) is 6.54 Å². The molecule has 2 N–H and O–H groups in total. The van der Waals surface area contributed by atoms with Crippen molar-refractivity contribution in [1.29, 1.82) is 0 Å². The van der Waals surface area contributed by atoms with E-state index in [2.05, 4.69) is 26.4 Å². The number of nitrogens with one attached hydrogen (secondary N) is 1. The maximum Gasteiger partial charge on any atom is 0.290 e. The Bertz CT molecular complexity index is 724. The summed E-state index contributed by atoms with van der Waals surface area (Å²) in [6.45, 7) is 6.84. The summed E-state index contributed by atoms with van der Waals surface area (Å²) >= 11 is 0. The van der Waals surface area contributed by atoms with Crippen LogP contribution in [0.1, 0.15) is 38.5 Å². The molecule has 0 unspecified atom stereocenters. The lowest BCUT2D eigenvalue weighted by atomic mass is 9.72. The molecular formula is C23H37N5O4. The average Bonchev–Trinajstić information content (AvgIpc) is 3.52. The summed E-state index contributed by atoms with van der Waals surface area (Å²) in [4.78, 5) is 26.3. The second-order valence-electron chi connectivity index (χ2n) is 9.51. The Hall–Kier alpha value is -1.97. The summed E-state index contributed by atoms with van der Waals surface area (Å²) in [5, 5.41) is 14.5. The molecule has 0 aromatic carbocycles. The number of amides is 1. The van der Waals surface area contributed by atoms with E-state index in [-0.39, 0.29) is 18.5 Å². The summed E-state index contributed by atoms with van der Waals surface area (Å²) in [5.74, 6) is 1.52. The number of nitrogens with zero attached hydrogens (tertiary/aromatic N) is 4. The smallest absolute Gasteiger partial charge is 0.290 e. The van der Waals surface area contributed by atoms with Crippen LogP contribution >= 0.6 is 0 Å². The number of carboxylic acid groups (broad SMARTS) is 1. The number of piperidine rings is 3. The third kappa shape index (κ3) is 5.50. The number of rotatable bonds is 6. The molecular weight excluding hydrogens is 410 g/mol. The Morgan fingerprint density at radius 1 is 1.19 bits per heavy atom. The standard InChI is InChI=1S/C22H35N5O2.CH2O2/c28-22(21-6-3-12-29-21)23-14-20-18-13-17(19-5-1-2-9-27(19)20)15-25(16-18)10-11-26-8-4-7-24-26;2-1-3/h4,7-8,17-21H,1-3,5-6,9-16H2,(H,23,28);1H,(H,2,3)/t17-,18+,19+,20+,21-;/m1./s1. The van der Waals surface area contributed by atoms with Gasteiger partial charge < -0.3 is 20.1 Å². The first kappa shape index (κ1) is 23.2. The fraction of sp³-hybridized carbons (Fsp3) is 0.783. The van der Waals surface area contributed by atoms with Crippen molar-refractivity contribution in [2.24, 2.45) is 11.8 Å². The van der Waals surface area contributed by atoms with Crippen molar-refractivity contribution >= 4 is 12.4 Å². The Labute approximate surface area is 190 Å². The third-order valence-electron chi connectivity index (χ3n) is 7.61. The first-order valence-corrected chi connectivity index (χ1v) is 12.1. The van der Waals surface area contributed by atoms with E-state index >= 15 is 0 Å². The van der Waals surface area contributed by atoms with Crippen LogP contribution in [0.4, 0.5) is 0 Å². The molecule has 4 saturated heterocycles. The summed E-state index contributed by atoms with van der Waals surface area (Å²) < 4.78 is 7.62. The fourth-order valence-corrected chi connectivity index (χ4v) is 6.25.